The van der Waals surface area contributed by atoms with Crippen LogP contribution >= 0.6 is 0 Å². The summed E-state index contributed by atoms with van der Waals surface area (Å²) in [7, 11) is 5.34. The van der Waals surface area contributed by atoms with Crippen LogP contribution in [-0.4, -0.2) is 38.1 Å². The summed E-state index contributed by atoms with van der Waals surface area (Å²) in [6, 6.07) is 5.51. The summed E-state index contributed by atoms with van der Waals surface area (Å²) in [5.74, 6) is 0.760. The number of amides is 1. The van der Waals surface area contributed by atoms with Gasteiger partial charge in [0.2, 0.25) is 0 Å². The van der Waals surface area contributed by atoms with E-state index in [2.05, 4.69) is 5.32 Å². The Kier molecular flexibility index (Phi) is 3.22. The van der Waals surface area contributed by atoms with E-state index in [-0.39, 0.29) is 5.91 Å². The highest BCUT2D eigenvalue weighted by molar-refractivity contribution is 5.95. The monoisotopic (exact) mass is 234 g/mol. The highest BCUT2D eigenvalue weighted by atomic mass is 16.5. The first-order chi connectivity index (χ1) is 8.11. The van der Waals surface area contributed by atoms with Gasteiger partial charge in [-0.15, -0.1) is 0 Å². The van der Waals surface area contributed by atoms with Crippen molar-refractivity contribution in [2.75, 3.05) is 26.5 Å². The Morgan fingerprint density at radius 2 is 2.12 bits per heavy atom. The van der Waals surface area contributed by atoms with Crippen molar-refractivity contribution >= 4 is 11.6 Å². The van der Waals surface area contributed by atoms with Crippen molar-refractivity contribution in [2.24, 2.45) is 0 Å². The average Bonchev–Trinajstić information content (AvgIpc) is 3.11. The van der Waals surface area contributed by atoms with Gasteiger partial charge in [0.1, 0.15) is 5.75 Å². The molecule has 2 rings (SSSR count). The molecule has 4 heteroatoms. The molecule has 92 valence electrons. The maximum absolute atomic E-state index is 11.8. The number of carbonyl (C=O) groups is 1. The smallest absolute Gasteiger partial charge is 0.253 e. The molecular weight excluding hydrogens is 216 g/mol. The third kappa shape index (κ3) is 2.70. The number of rotatable bonds is 4. The number of nitrogens with zero attached hydrogens (tertiary/aromatic N) is 1. The summed E-state index contributed by atoms with van der Waals surface area (Å²) < 4.78 is 5.78. The van der Waals surface area contributed by atoms with E-state index in [0.29, 0.717) is 11.7 Å². The molecule has 1 saturated carbocycles. The average molecular weight is 234 g/mol. The van der Waals surface area contributed by atoms with Crippen molar-refractivity contribution in [1.29, 1.82) is 0 Å². The number of ether oxygens (including phenoxy) is 1. The zero-order valence-electron chi connectivity index (χ0n) is 10.5. The minimum Gasteiger partial charge on any atom is -0.488 e. The second-order valence-electron chi connectivity index (χ2n) is 4.48. The molecule has 0 heterocycles. The minimum absolute atomic E-state index is 0.00620. The van der Waals surface area contributed by atoms with Gasteiger partial charge in [0.15, 0.2) is 0 Å². The van der Waals surface area contributed by atoms with Crippen LogP contribution in [0.4, 0.5) is 5.69 Å². The predicted octanol–water partition coefficient (Wildman–Crippen LogP) is 1.97. The maximum atomic E-state index is 11.8. The Morgan fingerprint density at radius 1 is 1.41 bits per heavy atom. The fourth-order valence-corrected chi connectivity index (χ4v) is 1.58. The van der Waals surface area contributed by atoms with Crippen LogP contribution < -0.4 is 10.1 Å². The summed E-state index contributed by atoms with van der Waals surface area (Å²) in [4.78, 5) is 13.4. The molecule has 0 saturated heterocycles. The summed E-state index contributed by atoms with van der Waals surface area (Å²) in [5.41, 5.74) is 1.58. The Morgan fingerprint density at radius 3 is 2.65 bits per heavy atom. The molecule has 17 heavy (non-hydrogen) atoms. The first kappa shape index (κ1) is 11.8. The van der Waals surface area contributed by atoms with Crippen molar-refractivity contribution in [3.8, 4) is 5.75 Å². The lowest BCUT2D eigenvalue weighted by molar-refractivity contribution is 0.0827. The molecule has 1 amide bonds. The summed E-state index contributed by atoms with van der Waals surface area (Å²) >= 11 is 0. The van der Waals surface area contributed by atoms with Gasteiger partial charge >= 0.3 is 0 Å². The third-order valence-electron chi connectivity index (χ3n) is 2.72. The van der Waals surface area contributed by atoms with E-state index in [1.165, 1.54) is 0 Å². The van der Waals surface area contributed by atoms with Crippen molar-refractivity contribution < 1.29 is 9.53 Å². The fourth-order valence-electron chi connectivity index (χ4n) is 1.58. The number of nitrogens with one attached hydrogen (secondary N) is 1. The molecule has 1 aliphatic rings. The van der Waals surface area contributed by atoms with E-state index in [4.69, 9.17) is 4.74 Å². The Balaban J connectivity index is 2.26. The second kappa shape index (κ2) is 4.65. The van der Waals surface area contributed by atoms with Crippen LogP contribution in [-0.2, 0) is 0 Å². The van der Waals surface area contributed by atoms with Gasteiger partial charge in [-0.05, 0) is 31.0 Å². The largest absolute Gasteiger partial charge is 0.488 e. The van der Waals surface area contributed by atoms with Crippen LogP contribution in [0.2, 0.25) is 0 Å². The summed E-state index contributed by atoms with van der Waals surface area (Å²) in [5, 5.41) is 3.07. The Labute approximate surface area is 102 Å². The molecule has 1 aromatic carbocycles. The maximum Gasteiger partial charge on any atom is 0.253 e. The van der Waals surface area contributed by atoms with E-state index in [1.807, 2.05) is 25.2 Å². The normalized spacial score (nSPS) is 14.3. The Hall–Kier alpha value is -1.71. The summed E-state index contributed by atoms with van der Waals surface area (Å²) in [6.07, 6.45) is 2.54. The van der Waals surface area contributed by atoms with Crippen LogP contribution in [0, 0.1) is 0 Å². The van der Waals surface area contributed by atoms with Gasteiger partial charge in [-0.25, -0.2) is 0 Å². The van der Waals surface area contributed by atoms with E-state index in [9.17, 15) is 4.79 Å². The number of anilines is 1. The van der Waals surface area contributed by atoms with E-state index >= 15 is 0 Å². The number of benzene rings is 1. The molecule has 1 fully saturated rings. The first-order valence-corrected chi connectivity index (χ1v) is 5.82. The van der Waals surface area contributed by atoms with Gasteiger partial charge in [0.05, 0.1) is 11.8 Å². The number of hydrogen-bond donors (Lipinski definition) is 1. The molecule has 1 N–H and O–H groups in total. The zero-order chi connectivity index (χ0) is 12.4. The van der Waals surface area contributed by atoms with Crippen molar-refractivity contribution in [3.05, 3.63) is 23.8 Å². The van der Waals surface area contributed by atoms with E-state index < -0.39 is 0 Å². The van der Waals surface area contributed by atoms with E-state index in [0.717, 1.165) is 24.3 Å². The molecule has 0 unspecified atom stereocenters. The van der Waals surface area contributed by atoms with Gasteiger partial charge in [-0.1, -0.05) is 0 Å². The first-order valence-electron chi connectivity index (χ1n) is 5.82. The third-order valence-corrected chi connectivity index (χ3v) is 2.72. The lowest BCUT2D eigenvalue weighted by Crippen LogP contribution is -2.21. The van der Waals surface area contributed by atoms with Gasteiger partial charge in [0.25, 0.3) is 5.91 Å². The standard InChI is InChI=1S/C13H18N2O2/c1-14-11-7-4-9(13(16)15(2)3)8-12(11)17-10-5-6-10/h4,7-8,10,14H,5-6H2,1-3H3. The SMILES string of the molecule is CNc1ccc(C(=O)N(C)C)cc1OC1CC1. The van der Waals surface area contributed by atoms with Crippen molar-refractivity contribution in [2.45, 2.75) is 18.9 Å². The van der Waals surface area contributed by atoms with Gasteiger partial charge in [-0.3, -0.25) is 4.79 Å². The second-order valence-corrected chi connectivity index (χ2v) is 4.48. The molecular formula is C13H18N2O2. The highest BCUT2D eigenvalue weighted by Gasteiger charge is 2.25. The molecule has 0 radical (unpaired) electrons. The molecule has 0 atom stereocenters. The molecule has 0 bridgehead atoms. The van der Waals surface area contributed by atoms with Gasteiger partial charge < -0.3 is 15.0 Å². The van der Waals surface area contributed by atoms with Crippen LogP contribution in [0.1, 0.15) is 23.2 Å². The molecule has 4 nitrogen and oxygen atoms in total. The molecule has 1 aromatic rings. The molecule has 1 aliphatic carbocycles. The van der Waals surface area contributed by atoms with Gasteiger partial charge in [-0.2, -0.15) is 0 Å². The summed E-state index contributed by atoms with van der Waals surface area (Å²) in [6.45, 7) is 0. The van der Waals surface area contributed by atoms with Crippen molar-refractivity contribution in [3.63, 3.8) is 0 Å². The molecule has 0 aromatic heterocycles. The quantitative estimate of drug-likeness (QED) is 0.866. The number of carbonyl (C=O) groups excluding carboxylic acids is 1. The zero-order valence-corrected chi connectivity index (χ0v) is 10.5. The fraction of sp³-hybridized carbons (Fsp3) is 0.462. The topological polar surface area (TPSA) is 41.6 Å². The van der Waals surface area contributed by atoms with Crippen LogP contribution in [0.15, 0.2) is 18.2 Å². The van der Waals surface area contributed by atoms with Crippen LogP contribution in [0.5, 0.6) is 5.75 Å². The highest BCUT2D eigenvalue weighted by Crippen LogP contribution is 2.32. The minimum atomic E-state index is -0.00620. The van der Waals surface area contributed by atoms with E-state index in [1.54, 1.807) is 19.0 Å². The van der Waals surface area contributed by atoms with Crippen LogP contribution in [0.3, 0.4) is 0 Å². The Bertz CT molecular complexity index is 425. The molecule has 0 aliphatic heterocycles. The number of hydrogen-bond acceptors (Lipinski definition) is 3. The lowest BCUT2D eigenvalue weighted by Gasteiger charge is -2.14. The van der Waals surface area contributed by atoms with Gasteiger partial charge in [0, 0.05) is 26.7 Å². The van der Waals surface area contributed by atoms with Crippen molar-refractivity contribution in [1.82, 2.24) is 4.90 Å². The lowest BCUT2D eigenvalue weighted by atomic mass is 10.1. The predicted molar refractivity (Wildman–Crippen MR) is 67.7 cm³/mol. The molecule has 0 spiro atoms. The van der Waals surface area contributed by atoms with Crippen LogP contribution in [0.25, 0.3) is 0 Å².